The van der Waals surface area contributed by atoms with Crippen LogP contribution in [-0.2, 0) is 0 Å². The first kappa shape index (κ1) is 9.65. The molecule has 17 heavy (non-hydrogen) atoms. The Morgan fingerprint density at radius 3 is 2.94 bits per heavy atom. The second-order valence-electron chi connectivity index (χ2n) is 3.64. The molecule has 3 N–H and O–H groups in total. The monoisotopic (exact) mass is 226 g/mol. The van der Waals surface area contributed by atoms with Crippen LogP contribution in [0.2, 0.25) is 0 Å². The maximum Gasteiger partial charge on any atom is 0.260 e. The number of hydrogen-bond donors (Lipinski definition) is 3. The zero-order chi connectivity index (χ0) is 11.7. The molecule has 3 aromatic rings. The molecule has 1 aromatic carbocycles. The maximum atomic E-state index is 12.0. The number of imidazole rings is 1. The van der Waals surface area contributed by atoms with Crippen molar-refractivity contribution in [2.75, 3.05) is 5.32 Å². The third-order valence-electron chi connectivity index (χ3n) is 2.56. The van der Waals surface area contributed by atoms with Crippen LogP contribution in [0.15, 0.2) is 42.9 Å². The Bertz CT molecular complexity index is 654. The van der Waals surface area contributed by atoms with Gasteiger partial charge in [0, 0.05) is 24.0 Å². The number of carbonyl (C=O) groups is 1. The van der Waals surface area contributed by atoms with E-state index in [4.69, 9.17) is 0 Å². The lowest BCUT2D eigenvalue weighted by Gasteiger charge is -2.03. The molecule has 0 aliphatic rings. The van der Waals surface area contributed by atoms with Crippen molar-refractivity contribution in [3.8, 4) is 0 Å². The third-order valence-corrected chi connectivity index (χ3v) is 2.56. The zero-order valence-corrected chi connectivity index (χ0v) is 8.90. The highest BCUT2D eigenvalue weighted by Crippen LogP contribution is 2.17. The van der Waals surface area contributed by atoms with Crippen molar-refractivity contribution in [2.45, 2.75) is 0 Å². The fourth-order valence-electron chi connectivity index (χ4n) is 1.78. The molecule has 0 spiro atoms. The number of anilines is 1. The van der Waals surface area contributed by atoms with Gasteiger partial charge in [0.05, 0.1) is 11.1 Å². The van der Waals surface area contributed by atoms with Crippen LogP contribution in [0.3, 0.4) is 0 Å². The van der Waals surface area contributed by atoms with Gasteiger partial charge in [-0.15, -0.1) is 0 Å². The van der Waals surface area contributed by atoms with Crippen LogP contribution in [0.25, 0.3) is 10.9 Å². The SMILES string of the molecule is O=C(Nc1ncc[nH]1)c1cccc2cc[nH]c12. The van der Waals surface area contributed by atoms with Gasteiger partial charge in [-0.3, -0.25) is 10.1 Å². The smallest absolute Gasteiger partial charge is 0.260 e. The number of carbonyl (C=O) groups excluding carboxylic acids is 1. The van der Waals surface area contributed by atoms with Crippen molar-refractivity contribution in [1.82, 2.24) is 15.0 Å². The highest BCUT2D eigenvalue weighted by molar-refractivity contribution is 6.11. The minimum atomic E-state index is -0.187. The van der Waals surface area contributed by atoms with Gasteiger partial charge in [-0.2, -0.15) is 0 Å². The molecule has 0 aliphatic carbocycles. The fourth-order valence-corrected chi connectivity index (χ4v) is 1.78. The summed E-state index contributed by atoms with van der Waals surface area (Å²) in [5.74, 6) is 0.256. The van der Waals surface area contributed by atoms with E-state index in [-0.39, 0.29) is 5.91 Å². The summed E-state index contributed by atoms with van der Waals surface area (Å²) in [6.07, 6.45) is 5.06. The second-order valence-corrected chi connectivity index (χ2v) is 3.64. The number of aromatic nitrogens is 3. The second kappa shape index (κ2) is 3.79. The number of amides is 1. The molecule has 0 saturated heterocycles. The van der Waals surface area contributed by atoms with Crippen molar-refractivity contribution in [3.63, 3.8) is 0 Å². The summed E-state index contributed by atoms with van der Waals surface area (Å²) in [5.41, 5.74) is 1.43. The van der Waals surface area contributed by atoms with Crippen LogP contribution in [0, 0.1) is 0 Å². The van der Waals surface area contributed by atoms with Crippen LogP contribution >= 0.6 is 0 Å². The summed E-state index contributed by atoms with van der Waals surface area (Å²) in [5, 5.41) is 3.71. The molecule has 0 bridgehead atoms. The number of H-pyrrole nitrogens is 2. The highest BCUT2D eigenvalue weighted by Gasteiger charge is 2.11. The van der Waals surface area contributed by atoms with E-state index in [0.29, 0.717) is 11.5 Å². The van der Waals surface area contributed by atoms with Gasteiger partial charge < -0.3 is 9.97 Å². The number of para-hydroxylation sites is 1. The molecule has 84 valence electrons. The van der Waals surface area contributed by atoms with Gasteiger partial charge in [0.15, 0.2) is 0 Å². The lowest BCUT2D eigenvalue weighted by molar-refractivity contribution is 0.102. The van der Waals surface area contributed by atoms with Gasteiger partial charge in [-0.1, -0.05) is 12.1 Å². The number of fused-ring (bicyclic) bond motifs is 1. The first-order valence-electron chi connectivity index (χ1n) is 5.21. The third kappa shape index (κ3) is 1.67. The molecule has 5 nitrogen and oxygen atoms in total. The summed E-state index contributed by atoms with van der Waals surface area (Å²) in [4.78, 5) is 21.9. The van der Waals surface area contributed by atoms with Crippen LogP contribution < -0.4 is 5.32 Å². The van der Waals surface area contributed by atoms with Crippen LogP contribution in [-0.4, -0.2) is 20.9 Å². The molecule has 0 unspecified atom stereocenters. The molecule has 2 heterocycles. The Morgan fingerprint density at radius 1 is 1.18 bits per heavy atom. The van der Waals surface area contributed by atoms with Crippen molar-refractivity contribution >= 4 is 22.8 Å². The van der Waals surface area contributed by atoms with E-state index in [1.165, 1.54) is 0 Å². The molecular weight excluding hydrogens is 216 g/mol. The van der Waals surface area contributed by atoms with E-state index in [0.717, 1.165) is 10.9 Å². The molecule has 0 saturated carbocycles. The van der Waals surface area contributed by atoms with Gasteiger partial charge in [-0.25, -0.2) is 4.98 Å². The quantitative estimate of drug-likeness (QED) is 0.626. The number of rotatable bonds is 2. The molecule has 1 amide bonds. The molecule has 0 fully saturated rings. The fraction of sp³-hybridized carbons (Fsp3) is 0. The van der Waals surface area contributed by atoms with Crippen molar-refractivity contribution < 1.29 is 4.79 Å². The van der Waals surface area contributed by atoms with Crippen molar-refractivity contribution in [3.05, 3.63) is 48.4 Å². The van der Waals surface area contributed by atoms with Crippen LogP contribution in [0.4, 0.5) is 5.95 Å². The van der Waals surface area contributed by atoms with E-state index >= 15 is 0 Å². The van der Waals surface area contributed by atoms with E-state index in [1.54, 1.807) is 18.5 Å². The summed E-state index contributed by atoms with van der Waals surface area (Å²) in [6.45, 7) is 0. The zero-order valence-electron chi connectivity index (χ0n) is 8.90. The predicted molar refractivity (Wildman–Crippen MR) is 64.8 cm³/mol. The normalized spacial score (nSPS) is 10.6. The van der Waals surface area contributed by atoms with E-state index in [1.807, 2.05) is 24.4 Å². The maximum absolute atomic E-state index is 12.0. The number of nitrogens with one attached hydrogen (secondary N) is 3. The van der Waals surface area contributed by atoms with E-state index < -0.39 is 0 Å². The van der Waals surface area contributed by atoms with E-state index in [2.05, 4.69) is 20.3 Å². The Hall–Kier alpha value is -2.56. The molecule has 2 aromatic heterocycles. The minimum absolute atomic E-state index is 0.187. The lowest BCUT2D eigenvalue weighted by Crippen LogP contribution is -2.13. The Labute approximate surface area is 96.9 Å². The number of benzene rings is 1. The largest absolute Gasteiger partial charge is 0.361 e. The van der Waals surface area contributed by atoms with E-state index in [9.17, 15) is 4.79 Å². The van der Waals surface area contributed by atoms with Gasteiger partial charge in [0.25, 0.3) is 5.91 Å². The molecule has 3 rings (SSSR count). The first-order valence-corrected chi connectivity index (χ1v) is 5.21. The average molecular weight is 226 g/mol. The van der Waals surface area contributed by atoms with Crippen molar-refractivity contribution in [1.29, 1.82) is 0 Å². The van der Waals surface area contributed by atoms with Gasteiger partial charge in [-0.05, 0) is 12.1 Å². The lowest BCUT2D eigenvalue weighted by atomic mass is 10.1. The van der Waals surface area contributed by atoms with Crippen molar-refractivity contribution in [2.24, 2.45) is 0 Å². The van der Waals surface area contributed by atoms with Gasteiger partial charge >= 0.3 is 0 Å². The van der Waals surface area contributed by atoms with Crippen LogP contribution in [0.1, 0.15) is 10.4 Å². The summed E-state index contributed by atoms with van der Waals surface area (Å²) in [7, 11) is 0. The number of aromatic amines is 2. The Kier molecular flexibility index (Phi) is 2.15. The summed E-state index contributed by atoms with van der Waals surface area (Å²) in [6, 6.07) is 7.51. The van der Waals surface area contributed by atoms with Crippen LogP contribution in [0.5, 0.6) is 0 Å². The highest BCUT2D eigenvalue weighted by atomic mass is 16.1. The molecule has 5 heteroatoms. The topological polar surface area (TPSA) is 73.6 Å². The standard InChI is InChI=1S/C12H10N4O/c17-11(16-12-14-6-7-15-12)9-3-1-2-8-4-5-13-10(8)9/h1-7,13H,(H2,14,15,16,17). The summed E-state index contributed by atoms with van der Waals surface area (Å²) >= 11 is 0. The molecule has 0 radical (unpaired) electrons. The molecular formula is C12H10N4O. The molecule has 0 aliphatic heterocycles. The van der Waals surface area contributed by atoms with Gasteiger partial charge in [0.1, 0.15) is 0 Å². The average Bonchev–Trinajstić information content (AvgIpc) is 2.97. The number of nitrogens with zero attached hydrogens (tertiary/aromatic N) is 1. The Balaban J connectivity index is 1.98. The predicted octanol–water partition coefficient (Wildman–Crippen LogP) is 2.14. The molecule has 0 atom stereocenters. The Morgan fingerprint density at radius 2 is 2.12 bits per heavy atom. The number of hydrogen-bond acceptors (Lipinski definition) is 2. The summed E-state index contributed by atoms with van der Waals surface area (Å²) < 4.78 is 0. The van der Waals surface area contributed by atoms with Gasteiger partial charge in [0.2, 0.25) is 5.95 Å². The minimum Gasteiger partial charge on any atom is -0.361 e. The first-order chi connectivity index (χ1) is 8.34.